The topological polar surface area (TPSA) is 114 Å². The van der Waals surface area contributed by atoms with Crippen LogP contribution in [-0.2, 0) is 4.79 Å². The maximum Gasteiger partial charge on any atom is 0.234 e. The van der Waals surface area contributed by atoms with E-state index < -0.39 is 0 Å². The fourth-order valence-corrected chi connectivity index (χ4v) is 3.57. The number of aromatic nitrogens is 3. The van der Waals surface area contributed by atoms with Crippen LogP contribution in [0.5, 0.6) is 17.2 Å². The van der Waals surface area contributed by atoms with Crippen LogP contribution in [0.3, 0.4) is 0 Å². The normalized spacial score (nSPS) is 12.4. The minimum absolute atomic E-state index is 0.128. The number of hydrogen-bond acceptors (Lipinski definition) is 8. The van der Waals surface area contributed by atoms with Gasteiger partial charge in [0.15, 0.2) is 17.3 Å². The van der Waals surface area contributed by atoms with Gasteiger partial charge in [0, 0.05) is 17.3 Å². The third kappa shape index (κ3) is 4.43. The quantitative estimate of drug-likeness (QED) is 0.437. The SMILES string of the molecule is CCOc1cccc(-c2nnc(SCC(=O)Nc3ccc4c(c3)OCCO4)n2N)c1. The van der Waals surface area contributed by atoms with Crippen LogP contribution in [0.15, 0.2) is 47.6 Å². The van der Waals surface area contributed by atoms with Crippen molar-refractivity contribution in [2.45, 2.75) is 12.1 Å². The van der Waals surface area contributed by atoms with Crippen LogP contribution in [0, 0.1) is 0 Å². The summed E-state index contributed by atoms with van der Waals surface area (Å²) in [4.78, 5) is 12.3. The number of benzene rings is 2. The molecule has 0 radical (unpaired) electrons. The molecule has 30 heavy (non-hydrogen) atoms. The van der Waals surface area contributed by atoms with Gasteiger partial charge in [-0.15, -0.1) is 10.2 Å². The monoisotopic (exact) mass is 427 g/mol. The van der Waals surface area contributed by atoms with Crippen molar-refractivity contribution in [3.05, 3.63) is 42.5 Å². The Balaban J connectivity index is 1.38. The molecule has 9 nitrogen and oxygen atoms in total. The van der Waals surface area contributed by atoms with Gasteiger partial charge in [-0.05, 0) is 31.2 Å². The molecule has 0 aliphatic carbocycles. The number of nitrogens with one attached hydrogen (secondary N) is 1. The molecule has 1 amide bonds. The first-order chi connectivity index (χ1) is 14.6. The predicted octanol–water partition coefficient (Wildman–Crippen LogP) is 2.56. The Morgan fingerprint density at radius 3 is 2.87 bits per heavy atom. The third-order valence-corrected chi connectivity index (χ3v) is 5.17. The van der Waals surface area contributed by atoms with E-state index in [1.54, 1.807) is 18.2 Å². The van der Waals surface area contributed by atoms with E-state index in [2.05, 4.69) is 15.5 Å². The number of hydrogen-bond donors (Lipinski definition) is 2. The fourth-order valence-electron chi connectivity index (χ4n) is 2.91. The van der Waals surface area contributed by atoms with E-state index >= 15 is 0 Å². The zero-order valence-corrected chi connectivity index (χ0v) is 17.1. The van der Waals surface area contributed by atoms with Gasteiger partial charge in [-0.3, -0.25) is 4.79 Å². The van der Waals surface area contributed by atoms with Crippen LogP contribution in [0.4, 0.5) is 5.69 Å². The van der Waals surface area contributed by atoms with Crippen LogP contribution in [-0.4, -0.2) is 46.4 Å². The second-order valence-corrected chi connectivity index (χ2v) is 7.27. The average molecular weight is 427 g/mol. The molecule has 4 rings (SSSR count). The number of ether oxygens (including phenoxy) is 3. The molecule has 2 heterocycles. The largest absolute Gasteiger partial charge is 0.494 e. The standard InChI is InChI=1S/C20H21N5O4S/c1-2-27-15-5-3-4-13(10-15)19-23-24-20(25(19)21)30-12-18(26)22-14-6-7-16-17(11-14)29-9-8-28-16/h3-7,10-11H,2,8-9,12,21H2,1H3,(H,22,26). The smallest absolute Gasteiger partial charge is 0.234 e. The molecule has 0 saturated heterocycles. The Morgan fingerprint density at radius 2 is 2.03 bits per heavy atom. The highest BCUT2D eigenvalue weighted by Gasteiger charge is 2.16. The van der Waals surface area contributed by atoms with Gasteiger partial charge in [-0.1, -0.05) is 23.9 Å². The van der Waals surface area contributed by atoms with E-state index in [-0.39, 0.29) is 11.7 Å². The molecule has 0 spiro atoms. The number of nitrogens with two attached hydrogens (primary N) is 1. The lowest BCUT2D eigenvalue weighted by atomic mass is 10.2. The lowest BCUT2D eigenvalue weighted by molar-refractivity contribution is -0.113. The number of carbonyl (C=O) groups excluding carboxylic acids is 1. The lowest BCUT2D eigenvalue weighted by Gasteiger charge is -2.18. The molecule has 0 saturated carbocycles. The molecule has 3 aromatic rings. The molecule has 1 aromatic heterocycles. The number of carbonyl (C=O) groups is 1. The summed E-state index contributed by atoms with van der Waals surface area (Å²) in [6.45, 7) is 3.50. The van der Waals surface area contributed by atoms with Crippen LogP contribution >= 0.6 is 11.8 Å². The molecule has 0 bridgehead atoms. The summed E-state index contributed by atoms with van der Waals surface area (Å²) in [5.41, 5.74) is 1.41. The first-order valence-electron chi connectivity index (χ1n) is 9.40. The van der Waals surface area contributed by atoms with Crippen LogP contribution in [0.1, 0.15) is 6.92 Å². The van der Waals surface area contributed by atoms with Gasteiger partial charge in [-0.25, -0.2) is 4.68 Å². The fraction of sp³-hybridized carbons (Fsp3) is 0.250. The number of nitrogens with zero attached hydrogens (tertiary/aromatic N) is 3. The van der Waals surface area contributed by atoms with E-state index in [4.69, 9.17) is 20.1 Å². The summed E-state index contributed by atoms with van der Waals surface area (Å²) in [5.74, 6) is 8.58. The minimum Gasteiger partial charge on any atom is -0.494 e. The van der Waals surface area contributed by atoms with E-state index in [0.29, 0.717) is 48.0 Å². The van der Waals surface area contributed by atoms with Crippen molar-refractivity contribution in [2.75, 3.05) is 36.7 Å². The Kier molecular flexibility index (Phi) is 5.94. The second kappa shape index (κ2) is 8.95. The average Bonchev–Trinajstić information content (AvgIpc) is 3.13. The molecule has 3 N–H and O–H groups in total. The van der Waals surface area contributed by atoms with E-state index in [1.807, 2.05) is 31.2 Å². The summed E-state index contributed by atoms with van der Waals surface area (Å²) in [5, 5.41) is 11.5. The summed E-state index contributed by atoms with van der Waals surface area (Å²) in [6, 6.07) is 12.7. The van der Waals surface area contributed by atoms with Gasteiger partial charge < -0.3 is 25.4 Å². The number of nitrogen functional groups attached to an aromatic ring is 1. The van der Waals surface area contributed by atoms with Crippen LogP contribution < -0.4 is 25.4 Å². The first-order valence-corrected chi connectivity index (χ1v) is 10.4. The molecule has 156 valence electrons. The zero-order valence-electron chi connectivity index (χ0n) is 16.3. The lowest BCUT2D eigenvalue weighted by Crippen LogP contribution is -2.18. The van der Waals surface area contributed by atoms with Crippen molar-refractivity contribution >= 4 is 23.4 Å². The molecule has 0 fully saturated rings. The number of thioether (sulfide) groups is 1. The number of rotatable bonds is 7. The molecule has 1 aliphatic heterocycles. The Hall–Kier alpha value is -3.40. The highest BCUT2D eigenvalue weighted by atomic mass is 32.2. The number of amides is 1. The molecular weight excluding hydrogens is 406 g/mol. The van der Waals surface area contributed by atoms with E-state index in [1.165, 1.54) is 16.4 Å². The molecule has 1 aliphatic rings. The molecule has 0 unspecified atom stereocenters. The van der Waals surface area contributed by atoms with Gasteiger partial charge >= 0.3 is 0 Å². The third-order valence-electron chi connectivity index (χ3n) is 4.23. The van der Waals surface area contributed by atoms with E-state index in [9.17, 15) is 4.79 Å². The minimum atomic E-state index is -0.195. The summed E-state index contributed by atoms with van der Waals surface area (Å²) in [6.07, 6.45) is 0. The summed E-state index contributed by atoms with van der Waals surface area (Å²) < 4.78 is 17.9. The van der Waals surface area contributed by atoms with Gasteiger partial charge in [0.2, 0.25) is 11.1 Å². The van der Waals surface area contributed by atoms with E-state index in [0.717, 1.165) is 11.3 Å². The highest BCUT2D eigenvalue weighted by molar-refractivity contribution is 7.99. The zero-order chi connectivity index (χ0) is 20.9. The highest BCUT2D eigenvalue weighted by Crippen LogP contribution is 2.32. The van der Waals surface area contributed by atoms with Gasteiger partial charge in [0.05, 0.1) is 12.4 Å². The van der Waals surface area contributed by atoms with Crippen molar-refractivity contribution in [1.82, 2.24) is 14.9 Å². The Morgan fingerprint density at radius 1 is 1.20 bits per heavy atom. The second-order valence-electron chi connectivity index (χ2n) is 6.33. The van der Waals surface area contributed by atoms with Crippen molar-refractivity contribution in [3.63, 3.8) is 0 Å². The van der Waals surface area contributed by atoms with Gasteiger partial charge in [0.25, 0.3) is 0 Å². The van der Waals surface area contributed by atoms with Gasteiger partial charge in [0.1, 0.15) is 19.0 Å². The summed E-state index contributed by atoms with van der Waals surface area (Å²) >= 11 is 1.20. The van der Waals surface area contributed by atoms with Crippen LogP contribution in [0.2, 0.25) is 0 Å². The maximum atomic E-state index is 12.3. The summed E-state index contributed by atoms with van der Waals surface area (Å²) in [7, 11) is 0. The van der Waals surface area contributed by atoms with Crippen molar-refractivity contribution in [2.24, 2.45) is 0 Å². The van der Waals surface area contributed by atoms with Gasteiger partial charge in [-0.2, -0.15) is 0 Å². The number of anilines is 1. The van der Waals surface area contributed by atoms with Crippen LogP contribution in [0.25, 0.3) is 11.4 Å². The molecule has 2 aromatic carbocycles. The van der Waals surface area contributed by atoms with Crippen molar-refractivity contribution < 1.29 is 19.0 Å². The van der Waals surface area contributed by atoms with Crippen molar-refractivity contribution in [1.29, 1.82) is 0 Å². The number of fused-ring (bicyclic) bond motifs is 1. The predicted molar refractivity (Wildman–Crippen MR) is 114 cm³/mol. The van der Waals surface area contributed by atoms with Crippen molar-refractivity contribution in [3.8, 4) is 28.6 Å². The Bertz CT molecular complexity index is 1060. The Labute approximate surface area is 177 Å². The molecule has 0 atom stereocenters. The molecular formula is C20H21N5O4S. The first kappa shape index (κ1) is 19.9. The molecule has 10 heteroatoms. The maximum absolute atomic E-state index is 12.3.